The van der Waals surface area contributed by atoms with Gasteiger partial charge in [0.2, 0.25) is 5.88 Å². The zero-order chi connectivity index (χ0) is 13.8. The van der Waals surface area contributed by atoms with Crippen molar-refractivity contribution in [2.75, 3.05) is 12.4 Å². The zero-order valence-electron chi connectivity index (χ0n) is 9.92. The molecule has 1 aromatic heterocycles. The fraction of sp³-hybridized carbons (Fsp3) is 0.0833. The lowest BCUT2D eigenvalue weighted by molar-refractivity contribution is 0.0697. The highest BCUT2D eigenvalue weighted by molar-refractivity contribution is 9.10. The number of hydrogen-bond acceptors (Lipinski definition) is 5. The van der Waals surface area contributed by atoms with Crippen LogP contribution < -0.4 is 10.1 Å². The van der Waals surface area contributed by atoms with Gasteiger partial charge in [0.1, 0.15) is 5.56 Å². The van der Waals surface area contributed by atoms with E-state index in [1.54, 1.807) is 12.1 Å². The highest BCUT2D eigenvalue weighted by Gasteiger charge is 2.14. The van der Waals surface area contributed by atoms with Crippen molar-refractivity contribution in [1.29, 1.82) is 0 Å². The lowest BCUT2D eigenvalue weighted by Gasteiger charge is -2.08. The molecule has 0 aliphatic carbocycles. The SMILES string of the molecule is COc1cc(C(=O)O)c(Nc2ccc(Br)cc2)nn1. The van der Waals surface area contributed by atoms with Gasteiger partial charge in [0.25, 0.3) is 0 Å². The summed E-state index contributed by atoms with van der Waals surface area (Å²) in [5, 5.41) is 19.6. The van der Waals surface area contributed by atoms with Crippen LogP contribution in [0.5, 0.6) is 5.88 Å². The molecule has 0 saturated carbocycles. The number of nitrogens with zero attached hydrogens (tertiary/aromatic N) is 2. The van der Waals surface area contributed by atoms with Crippen LogP contribution in [0.3, 0.4) is 0 Å². The Balaban J connectivity index is 2.33. The number of carboxylic acids is 1. The summed E-state index contributed by atoms with van der Waals surface area (Å²) in [5.74, 6) is -0.790. The first-order chi connectivity index (χ1) is 9.10. The standard InChI is InChI=1S/C12H10BrN3O3/c1-19-10-6-9(12(17)18)11(16-15-10)14-8-4-2-7(13)3-5-8/h2-6H,1H3,(H,14,16)(H,17,18). The molecule has 19 heavy (non-hydrogen) atoms. The summed E-state index contributed by atoms with van der Waals surface area (Å²) in [6.45, 7) is 0. The molecule has 7 heteroatoms. The van der Waals surface area contributed by atoms with Crippen LogP contribution in [0.4, 0.5) is 11.5 Å². The molecule has 2 N–H and O–H groups in total. The Bertz CT molecular complexity index is 602. The van der Waals surface area contributed by atoms with Crippen LogP contribution in [0.15, 0.2) is 34.8 Å². The molecule has 6 nitrogen and oxygen atoms in total. The van der Waals surface area contributed by atoms with E-state index in [9.17, 15) is 4.79 Å². The number of carbonyl (C=O) groups is 1. The third-order valence-corrected chi connectivity index (χ3v) is 2.85. The minimum atomic E-state index is -1.10. The van der Waals surface area contributed by atoms with E-state index in [1.165, 1.54) is 13.2 Å². The Labute approximate surface area is 117 Å². The number of anilines is 2. The van der Waals surface area contributed by atoms with Gasteiger partial charge in [-0.3, -0.25) is 0 Å². The molecule has 98 valence electrons. The molecule has 0 aliphatic heterocycles. The van der Waals surface area contributed by atoms with E-state index in [-0.39, 0.29) is 17.3 Å². The maximum atomic E-state index is 11.2. The number of carboxylic acid groups (broad SMARTS) is 1. The van der Waals surface area contributed by atoms with Crippen molar-refractivity contribution in [3.63, 3.8) is 0 Å². The highest BCUT2D eigenvalue weighted by atomic mass is 79.9. The zero-order valence-corrected chi connectivity index (χ0v) is 11.5. The lowest BCUT2D eigenvalue weighted by atomic mass is 10.2. The molecule has 0 atom stereocenters. The van der Waals surface area contributed by atoms with Crippen molar-refractivity contribution in [2.24, 2.45) is 0 Å². The van der Waals surface area contributed by atoms with E-state index in [0.29, 0.717) is 5.69 Å². The minimum Gasteiger partial charge on any atom is -0.480 e. The van der Waals surface area contributed by atoms with Crippen LogP contribution in [0.2, 0.25) is 0 Å². The Morgan fingerprint density at radius 3 is 2.58 bits per heavy atom. The van der Waals surface area contributed by atoms with Crippen LogP contribution in [-0.2, 0) is 0 Å². The largest absolute Gasteiger partial charge is 0.480 e. The summed E-state index contributed by atoms with van der Waals surface area (Å²) in [5.41, 5.74) is 0.708. The number of hydrogen-bond donors (Lipinski definition) is 2. The molecule has 1 aromatic carbocycles. The van der Waals surface area contributed by atoms with Gasteiger partial charge in [0, 0.05) is 16.2 Å². The van der Waals surface area contributed by atoms with E-state index in [1.807, 2.05) is 12.1 Å². The molecular formula is C12H10BrN3O3. The summed E-state index contributed by atoms with van der Waals surface area (Å²) in [4.78, 5) is 11.2. The summed E-state index contributed by atoms with van der Waals surface area (Å²) in [7, 11) is 1.40. The fourth-order valence-electron chi connectivity index (χ4n) is 1.40. The molecule has 0 spiro atoms. The number of rotatable bonds is 4. The summed E-state index contributed by atoms with van der Waals surface area (Å²) in [6.07, 6.45) is 0. The van der Waals surface area contributed by atoms with E-state index in [0.717, 1.165) is 4.47 Å². The second-order valence-corrected chi connectivity index (χ2v) is 4.50. The second kappa shape index (κ2) is 5.66. The molecule has 0 saturated heterocycles. The number of aromatic carboxylic acids is 1. The van der Waals surface area contributed by atoms with Crippen LogP contribution in [-0.4, -0.2) is 28.4 Å². The average molecular weight is 324 g/mol. The van der Waals surface area contributed by atoms with Crippen molar-refractivity contribution in [3.8, 4) is 5.88 Å². The summed E-state index contributed by atoms with van der Waals surface area (Å²) < 4.78 is 5.78. The van der Waals surface area contributed by atoms with Gasteiger partial charge >= 0.3 is 5.97 Å². The first-order valence-corrected chi connectivity index (χ1v) is 6.07. The summed E-state index contributed by atoms with van der Waals surface area (Å²) >= 11 is 3.32. The molecule has 0 unspecified atom stereocenters. The third kappa shape index (κ3) is 3.19. The quantitative estimate of drug-likeness (QED) is 0.899. The normalized spacial score (nSPS) is 10.0. The molecule has 1 heterocycles. The third-order valence-electron chi connectivity index (χ3n) is 2.32. The maximum absolute atomic E-state index is 11.2. The van der Waals surface area contributed by atoms with Gasteiger partial charge in [0.05, 0.1) is 7.11 Å². The molecule has 2 aromatic rings. The minimum absolute atomic E-state index is 0.00484. The Hall–Kier alpha value is -2.15. The molecule has 0 fully saturated rings. The van der Waals surface area contributed by atoms with Crippen molar-refractivity contribution in [2.45, 2.75) is 0 Å². The van der Waals surface area contributed by atoms with Crippen LogP contribution in [0.1, 0.15) is 10.4 Å². The maximum Gasteiger partial charge on any atom is 0.339 e. The first-order valence-electron chi connectivity index (χ1n) is 5.28. The van der Waals surface area contributed by atoms with Crippen LogP contribution in [0.25, 0.3) is 0 Å². The van der Waals surface area contributed by atoms with E-state index < -0.39 is 5.97 Å². The second-order valence-electron chi connectivity index (χ2n) is 3.59. The van der Waals surface area contributed by atoms with Crippen molar-refractivity contribution < 1.29 is 14.6 Å². The fourth-order valence-corrected chi connectivity index (χ4v) is 1.66. The average Bonchev–Trinajstić information content (AvgIpc) is 2.41. The van der Waals surface area contributed by atoms with Gasteiger partial charge in [-0.1, -0.05) is 15.9 Å². The van der Waals surface area contributed by atoms with E-state index in [2.05, 4.69) is 31.4 Å². The molecule has 0 amide bonds. The van der Waals surface area contributed by atoms with Crippen molar-refractivity contribution in [1.82, 2.24) is 10.2 Å². The van der Waals surface area contributed by atoms with Crippen LogP contribution in [0, 0.1) is 0 Å². The number of nitrogens with one attached hydrogen (secondary N) is 1. The predicted octanol–water partition coefficient (Wildman–Crippen LogP) is 2.69. The first kappa shape index (κ1) is 13.3. The topological polar surface area (TPSA) is 84.3 Å². The molecule has 0 radical (unpaired) electrons. The molecule has 0 bridgehead atoms. The van der Waals surface area contributed by atoms with Crippen LogP contribution >= 0.6 is 15.9 Å². The molecular weight excluding hydrogens is 314 g/mol. The number of aromatic nitrogens is 2. The lowest BCUT2D eigenvalue weighted by Crippen LogP contribution is -2.07. The van der Waals surface area contributed by atoms with Gasteiger partial charge in [0.15, 0.2) is 5.82 Å². The van der Waals surface area contributed by atoms with Gasteiger partial charge in [-0.2, -0.15) is 0 Å². The number of methoxy groups -OCH3 is 1. The Kier molecular flexibility index (Phi) is 3.96. The number of ether oxygens (including phenoxy) is 1. The van der Waals surface area contributed by atoms with E-state index in [4.69, 9.17) is 9.84 Å². The molecule has 2 rings (SSSR count). The summed E-state index contributed by atoms with van der Waals surface area (Å²) in [6, 6.07) is 8.57. The Morgan fingerprint density at radius 2 is 2.00 bits per heavy atom. The van der Waals surface area contributed by atoms with Gasteiger partial charge in [-0.05, 0) is 24.3 Å². The molecule has 0 aliphatic rings. The van der Waals surface area contributed by atoms with Crippen molar-refractivity contribution in [3.05, 3.63) is 40.4 Å². The number of benzene rings is 1. The van der Waals surface area contributed by atoms with Gasteiger partial charge in [-0.15, -0.1) is 10.2 Å². The van der Waals surface area contributed by atoms with Gasteiger partial charge in [-0.25, -0.2) is 4.79 Å². The predicted molar refractivity (Wildman–Crippen MR) is 73.0 cm³/mol. The van der Waals surface area contributed by atoms with Crippen molar-refractivity contribution >= 4 is 33.4 Å². The highest BCUT2D eigenvalue weighted by Crippen LogP contribution is 2.22. The number of halogens is 1. The van der Waals surface area contributed by atoms with E-state index >= 15 is 0 Å². The Morgan fingerprint density at radius 1 is 1.32 bits per heavy atom. The smallest absolute Gasteiger partial charge is 0.339 e. The monoisotopic (exact) mass is 323 g/mol. The van der Waals surface area contributed by atoms with Gasteiger partial charge < -0.3 is 15.2 Å².